The molecule has 9 heteroatoms. The van der Waals surface area contributed by atoms with Crippen molar-refractivity contribution >= 4 is 45.0 Å². The summed E-state index contributed by atoms with van der Waals surface area (Å²) in [5.74, 6) is -1.22. The van der Waals surface area contributed by atoms with E-state index in [2.05, 4.69) is 31.8 Å². The molecule has 0 atom stereocenters. The Labute approximate surface area is 138 Å². The van der Waals surface area contributed by atoms with E-state index in [-0.39, 0.29) is 12.5 Å². The van der Waals surface area contributed by atoms with Gasteiger partial charge >= 0.3 is 0 Å². The number of hydrazine groups is 1. The van der Waals surface area contributed by atoms with E-state index >= 15 is 0 Å². The maximum absolute atomic E-state index is 12.1. The highest BCUT2D eigenvalue weighted by atomic mass is 79.9. The van der Waals surface area contributed by atoms with Gasteiger partial charge < -0.3 is 9.88 Å². The summed E-state index contributed by atoms with van der Waals surface area (Å²) in [5.41, 5.74) is 4.84. The highest BCUT2D eigenvalue weighted by Crippen LogP contribution is 2.22. The summed E-state index contributed by atoms with van der Waals surface area (Å²) in [6.45, 7) is -0.167. The van der Waals surface area contributed by atoms with Gasteiger partial charge in [-0.3, -0.25) is 25.2 Å². The molecule has 0 aromatic carbocycles. The predicted molar refractivity (Wildman–Crippen MR) is 85.4 cm³/mol. The van der Waals surface area contributed by atoms with Crippen molar-refractivity contribution in [3.63, 3.8) is 0 Å². The lowest BCUT2D eigenvalue weighted by atomic mass is 10.4. The Morgan fingerprint density at radius 2 is 2.05 bits per heavy atom. The zero-order valence-corrected chi connectivity index (χ0v) is 14.0. The maximum Gasteiger partial charge on any atom is 0.286 e. The molecule has 7 nitrogen and oxygen atoms in total. The lowest BCUT2D eigenvalue weighted by Crippen LogP contribution is -2.46. The maximum atomic E-state index is 12.1. The van der Waals surface area contributed by atoms with Gasteiger partial charge in [0.2, 0.25) is 0 Å². The van der Waals surface area contributed by atoms with Crippen molar-refractivity contribution < 1.29 is 14.4 Å². The second-order valence-corrected chi connectivity index (χ2v) is 6.81. The average Bonchev–Trinajstić information content (AvgIpc) is 3.15. The number of aromatic nitrogens is 1. The first-order valence-electron chi connectivity index (χ1n) is 6.20. The van der Waals surface area contributed by atoms with Crippen LogP contribution in [0.2, 0.25) is 0 Å². The van der Waals surface area contributed by atoms with Crippen LogP contribution in [0.3, 0.4) is 0 Å². The molecule has 0 saturated carbocycles. The van der Waals surface area contributed by atoms with E-state index in [0.717, 1.165) is 3.79 Å². The van der Waals surface area contributed by atoms with Crippen LogP contribution in [0.5, 0.6) is 0 Å². The molecule has 0 radical (unpaired) electrons. The van der Waals surface area contributed by atoms with Gasteiger partial charge in [0.15, 0.2) is 0 Å². The van der Waals surface area contributed by atoms with E-state index in [4.69, 9.17) is 0 Å². The Morgan fingerprint density at radius 1 is 1.27 bits per heavy atom. The summed E-state index contributed by atoms with van der Waals surface area (Å²) >= 11 is 4.57. The zero-order chi connectivity index (χ0) is 16.1. The molecular weight excluding hydrogens is 372 g/mol. The van der Waals surface area contributed by atoms with Crippen LogP contribution in [-0.4, -0.2) is 41.2 Å². The molecule has 0 aliphatic carbocycles. The highest BCUT2D eigenvalue weighted by Gasteiger charge is 2.17. The number of aromatic amines is 1. The largest absolute Gasteiger partial charge is 0.357 e. The van der Waals surface area contributed by atoms with Crippen LogP contribution >= 0.6 is 27.3 Å². The number of carbonyl (C=O) groups is 3. The Hall–Kier alpha value is -2.13. The van der Waals surface area contributed by atoms with Crippen LogP contribution in [-0.2, 0) is 4.79 Å². The van der Waals surface area contributed by atoms with Gasteiger partial charge in [-0.2, -0.15) is 0 Å². The van der Waals surface area contributed by atoms with Crippen LogP contribution in [0, 0.1) is 0 Å². The molecule has 0 unspecified atom stereocenters. The number of rotatable bonds is 4. The predicted octanol–water partition coefficient (Wildman–Crippen LogP) is 1.37. The summed E-state index contributed by atoms with van der Waals surface area (Å²) < 4.78 is 0.840. The van der Waals surface area contributed by atoms with E-state index in [1.165, 1.54) is 23.3 Å². The molecule has 0 aliphatic heterocycles. The highest BCUT2D eigenvalue weighted by molar-refractivity contribution is 9.11. The van der Waals surface area contributed by atoms with Crippen LogP contribution in [0.15, 0.2) is 34.2 Å². The average molecular weight is 385 g/mol. The third-order valence-corrected chi connectivity index (χ3v) is 4.28. The van der Waals surface area contributed by atoms with E-state index in [9.17, 15) is 14.4 Å². The third-order valence-electron chi connectivity index (χ3n) is 2.67. The molecule has 22 heavy (non-hydrogen) atoms. The first kappa shape index (κ1) is 16.2. The minimum absolute atomic E-state index is 0.167. The third kappa shape index (κ3) is 4.18. The quantitative estimate of drug-likeness (QED) is 0.694. The van der Waals surface area contributed by atoms with Crippen molar-refractivity contribution in [3.8, 4) is 0 Å². The standard InChI is InChI=1S/C13H13BrN4O3S/c1-18(13(21)9-4-5-10(14)22-9)7-11(19)16-17-12(20)8-3-2-6-15-8/h2-6,15H,7H2,1H3,(H,16,19)(H,17,20). The fourth-order valence-electron chi connectivity index (χ4n) is 1.61. The molecule has 0 saturated heterocycles. The first-order chi connectivity index (χ1) is 10.5. The minimum atomic E-state index is -0.494. The Bertz CT molecular complexity index is 683. The van der Waals surface area contributed by atoms with Crippen LogP contribution in [0.4, 0.5) is 0 Å². The van der Waals surface area contributed by atoms with E-state index in [0.29, 0.717) is 10.6 Å². The zero-order valence-electron chi connectivity index (χ0n) is 11.6. The summed E-state index contributed by atoms with van der Waals surface area (Å²) in [4.78, 5) is 39.9. The number of hydrogen-bond acceptors (Lipinski definition) is 4. The number of likely N-dealkylation sites (N-methyl/N-ethyl adjacent to an activating group) is 1. The van der Waals surface area contributed by atoms with Gasteiger partial charge in [-0.15, -0.1) is 11.3 Å². The molecule has 3 N–H and O–H groups in total. The second kappa shape index (κ2) is 7.23. The fraction of sp³-hybridized carbons (Fsp3) is 0.154. The lowest BCUT2D eigenvalue weighted by molar-refractivity contribution is -0.122. The number of nitrogens with one attached hydrogen (secondary N) is 3. The van der Waals surface area contributed by atoms with Crippen LogP contribution < -0.4 is 10.9 Å². The lowest BCUT2D eigenvalue weighted by Gasteiger charge is -2.16. The van der Waals surface area contributed by atoms with Gasteiger partial charge in [-0.25, -0.2) is 0 Å². The fourth-order valence-corrected chi connectivity index (χ4v) is 2.99. The molecular formula is C13H13BrN4O3S. The second-order valence-electron chi connectivity index (χ2n) is 4.35. The van der Waals surface area contributed by atoms with E-state index in [1.54, 1.807) is 30.5 Å². The normalized spacial score (nSPS) is 10.1. The van der Waals surface area contributed by atoms with E-state index < -0.39 is 11.8 Å². The van der Waals surface area contributed by atoms with Gasteiger partial charge in [0.25, 0.3) is 17.7 Å². The van der Waals surface area contributed by atoms with Crippen molar-refractivity contribution in [1.29, 1.82) is 0 Å². The smallest absolute Gasteiger partial charge is 0.286 e. The monoisotopic (exact) mass is 384 g/mol. The molecule has 0 spiro atoms. The van der Waals surface area contributed by atoms with Crippen LogP contribution in [0.1, 0.15) is 20.2 Å². The molecule has 2 aromatic heterocycles. The molecule has 0 bridgehead atoms. The number of hydrogen-bond donors (Lipinski definition) is 3. The summed E-state index contributed by atoms with van der Waals surface area (Å²) in [6, 6.07) is 6.69. The molecule has 2 heterocycles. The molecule has 2 rings (SSSR count). The van der Waals surface area contributed by atoms with Crippen molar-refractivity contribution in [1.82, 2.24) is 20.7 Å². The SMILES string of the molecule is CN(CC(=O)NNC(=O)c1ccc[nH]1)C(=O)c1ccc(Br)s1. The van der Waals surface area contributed by atoms with Crippen LogP contribution in [0.25, 0.3) is 0 Å². The van der Waals surface area contributed by atoms with Gasteiger partial charge in [-0.05, 0) is 40.2 Å². The first-order valence-corrected chi connectivity index (χ1v) is 7.81. The molecule has 116 valence electrons. The summed E-state index contributed by atoms with van der Waals surface area (Å²) in [5, 5.41) is 0. The van der Waals surface area contributed by atoms with Gasteiger partial charge in [0, 0.05) is 13.2 Å². The summed E-state index contributed by atoms with van der Waals surface area (Å²) in [7, 11) is 1.52. The Balaban J connectivity index is 1.81. The van der Waals surface area contributed by atoms with Crippen molar-refractivity contribution in [3.05, 3.63) is 44.8 Å². The molecule has 0 fully saturated rings. The van der Waals surface area contributed by atoms with Crippen molar-refractivity contribution in [2.24, 2.45) is 0 Å². The Kier molecular flexibility index (Phi) is 5.34. The Morgan fingerprint density at radius 3 is 2.64 bits per heavy atom. The number of H-pyrrole nitrogens is 1. The minimum Gasteiger partial charge on any atom is -0.357 e. The summed E-state index contributed by atoms with van der Waals surface area (Å²) in [6.07, 6.45) is 1.60. The molecule has 3 amide bonds. The van der Waals surface area contributed by atoms with E-state index in [1.807, 2.05) is 0 Å². The number of nitrogens with zero attached hydrogens (tertiary/aromatic N) is 1. The number of thiophene rings is 1. The number of amides is 3. The number of carbonyl (C=O) groups excluding carboxylic acids is 3. The van der Waals surface area contributed by atoms with Gasteiger partial charge in [0.05, 0.1) is 8.66 Å². The molecule has 2 aromatic rings. The molecule has 0 aliphatic rings. The van der Waals surface area contributed by atoms with Crippen molar-refractivity contribution in [2.45, 2.75) is 0 Å². The van der Waals surface area contributed by atoms with Gasteiger partial charge in [0.1, 0.15) is 12.2 Å². The topological polar surface area (TPSA) is 94.3 Å². The number of halogens is 1. The van der Waals surface area contributed by atoms with Crippen molar-refractivity contribution in [2.75, 3.05) is 13.6 Å². The van der Waals surface area contributed by atoms with Gasteiger partial charge in [-0.1, -0.05) is 0 Å².